The molecular weight excluding hydrogens is 502 g/mol. The first-order valence-corrected chi connectivity index (χ1v) is 12.7. The number of ether oxygens (including phenoxy) is 3. The fraction of sp³-hybridized carbons (Fsp3) is 0.385. The highest BCUT2D eigenvalue weighted by Crippen LogP contribution is 2.35. The first kappa shape index (κ1) is 26.1. The van der Waals surface area contributed by atoms with E-state index in [1.807, 2.05) is 55.3 Å². The van der Waals surface area contributed by atoms with Gasteiger partial charge in [-0.15, -0.1) is 10.2 Å². The molecule has 1 fully saturated rings. The predicted octanol–water partition coefficient (Wildman–Crippen LogP) is 2.19. The van der Waals surface area contributed by atoms with Crippen molar-refractivity contribution in [2.75, 3.05) is 49.8 Å². The topological polar surface area (TPSA) is 124 Å². The van der Waals surface area contributed by atoms with E-state index >= 15 is 0 Å². The summed E-state index contributed by atoms with van der Waals surface area (Å²) in [7, 11) is 1.60. The number of aromatic nitrogens is 6. The molecule has 0 aliphatic carbocycles. The zero-order chi connectivity index (χ0) is 27.2. The third-order valence-electron chi connectivity index (χ3n) is 6.27. The summed E-state index contributed by atoms with van der Waals surface area (Å²) in [6.07, 6.45) is 3.87. The van der Waals surface area contributed by atoms with Crippen LogP contribution in [-0.2, 0) is 11.3 Å². The van der Waals surface area contributed by atoms with Crippen molar-refractivity contribution >= 4 is 28.8 Å². The number of hydrazine groups is 1. The monoisotopic (exact) mass is 533 g/mol. The maximum absolute atomic E-state index is 12.0. The fourth-order valence-corrected chi connectivity index (χ4v) is 4.47. The normalized spacial score (nSPS) is 14.0. The summed E-state index contributed by atoms with van der Waals surface area (Å²) in [5, 5.41) is 16.1. The minimum absolute atomic E-state index is 0.0889. The highest BCUT2D eigenvalue weighted by Gasteiger charge is 2.25. The molecule has 13 heteroatoms. The van der Waals surface area contributed by atoms with Gasteiger partial charge in [-0.3, -0.25) is 4.79 Å². The van der Waals surface area contributed by atoms with Crippen molar-refractivity contribution in [1.29, 1.82) is 0 Å². The molecule has 39 heavy (non-hydrogen) atoms. The van der Waals surface area contributed by atoms with Gasteiger partial charge in [-0.2, -0.15) is 4.80 Å². The molecule has 0 bridgehead atoms. The van der Waals surface area contributed by atoms with E-state index in [1.54, 1.807) is 18.4 Å². The summed E-state index contributed by atoms with van der Waals surface area (Å²) < 4.78 is 17.3. The van der Waals surface area contributed by atoms with Gasteiger partial charge in [0.1, 0.15) is 24.5 Å². The number of methoxy groups -OCH3 is 1. The molecule has 3 heterocycles. The summed E-state index contributed by atoms with van der Waals surface area (Å²) in [5.74, 6) is 2.74. The Labute approximate surface area is 225 Å². The van der Waals surface area contributed by atoms with Crippen LogP contribution in [0.4, 0.5) is 11.5 Å². The molecule has 204 valence electrons. The summed E-state index contributed by atoms with van der Waals surface area (Å²) >= 11 is 0. The molecule has 0 atom stereocenters. The SMILES string of the molecule is COc1cc2c(N3CCN(N(C=O)c4ccc(OC(C)C)cc4)CC3)ncnc2cc1OCCn1ncnn1. The number of hydrogen-bond donors (Lipinski definition) is 0. The Bertz CT molecular complexity index is 1370. The van der Waals surface area contributed by atoms with Crippen molar-refractivity contribution in [2.24, 2.45) is 0 Å². The molecule has 5 rings (SSSR count). The molecular formula is C26H31N9O4. The maximum Gasteiger partial charge on any atom is 0.228 e. The molecule has 1 amide bonds. The van der Waals surface area contributed by atoms with Crippen LogP contribution in [0.3, 0.4) is 0 Å². The van der Waals surface area contributed by atoms with E-state index in [2.05, 4.69) is 30.3 Å². The van der Waals surface area contributed by atoms with Crippen molar-refractivity contribution in [3.63, 3.8) is 0 Å². The number of rotatable bonds is 11. The van der Waals surface area contributed by atoms with E-state index in [1.165, 1.54) is 11.1 Å². The number of amides is 1. The summed E-state index contributed by atoms with van der Waals surface area (Å²) in [5.41, 5.74) is 1.54. The van der Waals surface area contributed by atoms with E-state index in [0.717, 1.165) is 34.6 Å². The molecule has 0 radical (unpaired) electrons. The first-order chi connectivity index (χ1) is 19.1. The lowest BCUT2D eigenvalue weighted by Gasteiger charge is -2.40. The van der Waals surface area contributed by atoms with Gasteiger partial charge in [0.2, 0.25) is 6.41 Å². The number of tetrazole rings is 1. The molecule has 0 N–H and O–H groups in total. The van der Waals surface area contributed by atoms with E-state index in [9.17, 15) is 4.79 Å². The van der Waals surface area contributed by atoms with Crippen LogP contribution in [0.15, 0.2) is 49.1 Å². The van der Waals surface area contributed by atoms with Gasteiger partial charge in [0.25, 0.3) is 0 Å². The second kappa shape index (κ2) is 11.9. The van der Waals surface area contributed by atoms with E-state index in [4.69, 9.17) is 14.2 Å². The smallest absolute Gasteiger partial charge is 0.228 e. The van der Waals surface area contributed by atoms with Gasteiger partial charge >= 0.3 is 0 Å². The number of anilines is 2. The number of benzene rings is 2. The molecule has 0 spiro atoms. The van der Waals surface area contributed by atoms with Crippen LogP contribution < -0.4 is 24.1 Å². The Morgan fingerprint density at radius 2 is 1.82 bits per heavy atom. The van der Waals surface area contributed by atoms with Crippen molar-refractivity contribution in [2.45, 2.75) is 26.5 Å². The van der Waals surface area contributed by atoms with Gasteiger partial charge in [0.05, 0.1) is 31.0 Å². The van der Waals surface area contributed by atoms with Crippen LogP contribution in [-0.4, -0.2) is 87.6 Å². The lowest BCUT2D eigenvalue weighted by molar-refractivity contribution is -0.110. The van der Waals surface area contributed by atoms with Crippen molar-refractivity contribution < 1.29 is 19.0 Å². The van der Waals surface area contributed by atoms with E-state index < -0.39 is 0 Å². The standard InChI is InChI=1S/C26H31N9O4/c1-19(2)39-21-6-4-20(5-7-21)34(18-36)33-10-8-32(9-11-33)26-22-14-24(37-3)25(15-23(22)27-16-28-26)38-13-12-35-30-17-29-31-35/h4-7,14-19H,8-13H2,1-3H3. The third kappa shape index (κ3) is 5.98. The number of nitrogens with zero attached hydrogens (tertiary/aromatic N) is 9. The van der Waals surface area contributed by atoms with Crippen molar-refractivity contribution in [3.05, 3.63) is 49.1 Å². The molecule has 2 aromatic carbocycles. The summed E-state index contributed by atoms with van der Waals surface area (Å²) in [4.78, 5) is 24.7. The molecule has 1 aliphatic heterocycles. The minimum Gasteiger partial charge on any atom is -0.493 e. The van der Waals surface area contributed by atoms with Gasteiger partial charge in [-0.1, -0.05) is 0 Å². The van der Waals surface area contributed by atoms with E-state index in [0.29, 0.717) is 50.8 Å². The number of hydrogen-bond acceptors (Lipinski definition) is 11. The maximum atomic E-state index is 12.0. The molecule has 1 saturated heterocycles. The number of carbonyl (C=O) groups excluding carboxylic acids is 1. The van der Waals surface area contributed by atoms with Gasteiger partial charge in [-0.05, 0) is 49.4 Å². The van der Waals surface area contributed by atoms with Crippen molar-refractivity contribution in [3.8, 4) is 17.2 Å². The Balaban J connectivity index is 1.28. The van der Waals surface area contributed by atoms with E-state index in [-0.39, 0.29) is 6.10 Å². The Morgan fingerprint density at radius 1 is 1.03 bits per heavy atom. The average Bonchev–Trinajstić information content (AvgIpc) is 3.47. The molecule has 13 nitrogen and oxygen atoms in total. The van der Waals surface area contributed by atoms with Crippen LogP contribution in [0.25, 0.3) is 10.9 Å². The summed E-state index contributed by atoms with van der Waals surface area (Å²) in [6.45, 7) is 7.40. The van der Waals surface area contributed by atoms with Crippen LogP contribution in [0, 0.1) is 0 Å². The lowest BCUT2D eigenvalue weighted by Crippen LogP contribution is -2.54. The van der Waals surface area contributed by atoms with Gasteiger partial charge in [-0.25, -0.2) is 20.0 Å². The van der Waals surface area contributed by atoms with Crippen LogP contribution in [0.2, 0.25) is 0 Å². The second-order valence-corrected chi connectivity index (χ2v) is 9.15. The van der Waals surface area contributed by atoms with Crippen LogP contribution >= 0.6 is 0 Å². The summed E-state index contributed by atoms with van der Waals surface area (Å²) in [6, 6.07) is 11.3. The largest absolute Gasteiger partial charge is 0.493 e. The Morgan fingerprint density at radius 3 is 2.49 bits per heavy atom. The van der Waals surface area contributed by atoms with Gasteiger partial charge in [0.15, 0.2) is 17.8 Å². The second-order valence-electron chi connectivity index (χ2n) is 9.15. The zero-order valence-electron chi connectivity index (χ0n) is 22.2. The molecule has 1 aliphatic rings. The predicted molar refractivity (Wildman–Crippen MR) is 144 cm³/mol. The number of piperazine rings is 1. The molecule has 2 aromatic heterocycles. The van der Waals surface area contributed by atoms with Crippen LogP contribution in [0.1, 0.15) is 13.8 Å². The number of fused-ring (bicyclic) bond motifs is 1. The van der Waals surface area contributed by atoms with Gasteiger partial charge in [0, 0.05) is 37.6 Å². The molecule has 4 aromatic rings. The highest BCUT2D eigenvalue weighted by molar-refractivity contribution is 5.92. The van der Waals surface area contributed by atoms with Gasteiger partial charge < -0.3 is 19.1 Å². The average molecular weight is 534 g/mol. The molecule has 0 unspecified atom stereocenters. The number of carbonyl (C=O) groups is 1. The molecule has 0 saturated carbocycles. The minimum atomic E-state index is 0.0889. The Kier molecular flexibility index (Phi) is 7.96. The first-order valence-electron chi connectivity index (χ1n) is 12.7. The lowest BCUT2D eigenvalue weighted by atomic mass is 10.2. The fourth-order valence-electron chi connectivity index (χ4n) is 4.47. The van der Waals surface area contributed by atoms with Crippen LogP contribution in [0.5, 0.6) is 17.2 Å². The zero-order valence-corrected chi connectivity index (χ0v) is 22.2. The quantitative estimate of drug-likeness (QED) is 0.264. The van der Waals surface area contributed by atoms with Crippen molar-refractivity contribution in [1.82, 2.24) is 35.2 Å². The third-order valence-corrected chi connectivity index (χ3v) is 6.27. The highest BCUT2D eigenvalue weighted by atomic mass is 16.5. The Hall–Kier alpha value is -4.52.